The molecule has 0 atom stereocenters. The summed E-state index contributed by atoms with van der Waals surface area (Å²) in [5, 5.41) is 3.11. The first-order valence-electron chi connectivity index (χ1n) is 3.75. The highest BCUT2D eigenvalue weighted by molar-refractivity contribution is 7.80. The maximum absolute atomic E-state index is 5.34. The number of aromatic amines is 1. The lowest BCUT2D eigenvalue weighted by molar-refractivity contribution is 1.34. The molecule has 2 rings (SSSR count). The number of fused-ring (bicyclic) bond motifs is 1. The van der Waals surface area contributed by atoms with Gasteiger partial charge in [0.25, 0.3) is 0 Å². The standard InChI is InChI=1S/C8H8N4S/c9-8(13)12-5-1-2-6-7(3-5)11-4-10-6/h1-4H,(H,10,11)(H3,9,12,13). The van der Waals surface area contributed by atoms with Crippen molar-refractivity contribution in [3.05, 3.63) is 24.5 Å². The number of nitrogens with one attached hydrogen (secondary N) is 2. The fourth-order valence-corrected chi connectivity index (χ4v) is 1.27. The van der Waals surface area contributed by atoms with Crippen LogP contribution in [0.25, 0.3) is 11.0 Å². The first-order chi connectivity index (χ1) is 6.25. The van der Waals surface area contributed by atoms with E-state index < -0.39 is 0 Å². The van der Waals surface area contributed by atoms with Gasteiger partial charge in [0.15, 0.2) is 5.11 Å². The number of benzene rings is 1. The molecule has 0 unspecified atom stereocenters. The zero-order chi connectivity index (χ0) is 9.26. The quantitative estimate of drug-likeness (QED) is 0.594. The van der Waals surface area contributed by atoms with Crippen LogP contribution in [0.5, 0.6) is 0 Å². The van der Waals surface area contributed by atoms with Crippen LogP contribution in [0.2, 0.25) is 0 Å². The minimum absolute atomic E-state index is 0.263. The number of nitrogens with zero attached hydrogens (tertiary/aromatic N) is 1. The highest BCUT2D eigenvalue weighted by Gasteiger charge is 1.97. The number of hydrogen-bond acceptors (Lipinski definition) is 2. The monoisotopic (exact) mass is 192 g/mol. The molecular formula is C8H8N4S. The molecule has 0 saturated carbocycles. The summed E-state index contributed by atoms with van der Waals surface area (Å²) in [5.74, 6) is 0. The van der Waals surface area contributed by atoms with E-state index in [9.17, 15) is 0 Å². The first-order valence-corrected chi connectivity index (χ1v) is 4.16. The summed E-state index contributed by atoms with van der Waals surface area (Å²) in [7, 11) is 0. The highest BCUT2D eigenvalue weighted by atomic mass is 32.1. The Labute approximate surface area is 80.2 Å². The second-order valence-electron chi connectivity index (χ2n) is 2.62. The normalized spacial score (nSPS) is 10.2. The minimum Gasteiger partial charge on any atom is -0.376 e. The maximum Gasteiger partial charge on any atom is 0.168 e. The van der Waals surface area contributed by atoms with Crippen LogP contribution in [0.1, 0.15) is 0 Å². The lowest BCUT2D eigenvalue weighted by Crippen LogP contribution is -2.18. The number of anilines is 1. The van der Waals surface area contributed by atoms with Gasteiger partial charge in [-0.25, -0.2) is 4.98 Å². The highest BCUT2D eigenvalue weighted by Crippen LogP contribution is 2.14. The molecule has 0 aliphatic carbocycles. The number of rotatable bonds is 1. The molecule has 0 bridgehead atoms. The van der Waals surface area contributed by atoms with Gasteiger partial charge in [-0.2, -0.15) is 0 Å². The smallest absolute Gasteiger partial charge is 0.168 e. The number of nitrogens with two attached hydrogens (primary N) is 1. The zero-order valence-corrected chi connectivity index (χ0v) is 7.56. The Bertz CT molecular complexity index is 448. The van der Waals surface area contributed by atoms with Gasteiger partial charge >= 0.3 is 0 Å². The van der Waals surface area contributed by atoms with Crippen molar-refractivity contribution >= 4 is 34.1 Å². The molecule has 0 aliphatic heterocycles. The van der Waals surface area contributed by atoms with Crippen LogP contribution in [0, 0.1) is 0 Å². The first kappa shape index (κ1) is 8.00. The van der Waals surface area contributed by atoms with Crippen LogP contribution in [0.4, 0.5) is 5.69 Å². The van der Waals surface area contributed by atoms with E-state index in [1.54, 1.807) is 6.33 Å². The maximum atomic E-state index is 5.34. The Morgan fingerprint density at radius 2 is 2.38 bits per heavy atom. The van der Waals surface area contributed by atoms with E-state index in [4.69, 9.17) is 18.0 Å². The predicted octanol–water partition coefficient (Wildman–Crippen LogP) is 1.22. The Morgan fingerprint density at radius 1 is 1.54 bits per heavy atom. The molecule has 1 heterocycles. The third-order valence-electron chi connectivity index (χ3n) is 1.69. The molecule has 5 heteroatoms. The third kappa shape index (κ3) is 1.59. The Morgan fingerprint density at radius 3 is 3.15 bits per heavy atom. The lowest BCUT2D eigenvalue weighted by Gasteiger charge is -2.02. The number of aromatic nitrogens is 2. The van der Waals surface area contributed by atoms with Crippen molar-refractivity contribution in [1.29, 1.82) is 0 Å². The Balaban J connectivity index is 2.42. The van der Waals surface area contributed by atoms with E-state index in [2.05, 4.69) is 15.3 Å². The van der Waals surface area contributed by atoms with Crippen LogP contribution in [0.3, 0.4) is 0 Å². The van der Waals surface area contributed by atoms with E-state index in [-0.39, 0.29) is 5.11 Å². The van der Waals surface area contributed by atoms with Gasteiger partial charge in [0.05, 0.1) is 17.4 Å². The summed E-state index contributed by atoms with van der Waals surface area (Å²) < 4.78 is 0. The van der Waals surface area contributed by atoms with E-state index in [1.165, 1.54) is 0 Å². The Kier molecular flexibility index (Phi) is 1.86. The van der Waals surface area contributed by atoms with Crippen molar-refractivity contribution in [2.45, 2.75) is 0 Å². The molecular weight excluding hydrogens is 184 g/mol. The van der Waals surface area contributed by atoms with E-state index in [0.29, 0.717) is 0 Å². The van der Waals surface area contributed by atoms with Gasteiger partial charge in [-0.05, 0) is 30.4 Å². The molecule has 1 aromatic carbocycles. The van der Waals surface area contributed by atoms with Gasteiger partial charge < -0.3 is 16.0 Å². The van der Waals surface area contributed by atoms with Crippen LogP contribution in [-0.2, 0) is 0 Å². The van der Waals surface area contributed by atoms with Crippen LogP contribution < -0.4 is 11.1 Å². The molecule has 0 amide bonds. The molecule has 0 radical (unpaired) electrons. The average Bonchev–Trinajstić information content (AvgIpc) is 2.49. The largest absolute Gasteiger partial charge is 0.376 e. The van der Waals surface area contributed by atoms with Gasteiger partial charge in [-0.1, -0.05) is 0 Å². The summed E-state index contributed by atoms with van der Waals surface area (Å²) >= 11 is 4.72. The third-order valence-corrected chi connectivity index (χ3v) is 1.79. The van der Waals surface area contributed by atoms with Crippen LogP contribution >= 0.6 is 12.2 Å². The number of hydrogen-bond donors (Lipinski definition) is 3. The minimum atomic E-state index is 0.263. The van der Waals surface area contributed by atoms with Crippen LogP contribution in [0.15, 0.2) is 24.5 Å². The van der Waals surface area contributed by atoms with Gasteiger partial charge in [0, 0.05) is 5.69 Å². The summed E-state index contributed by atoms with van der Waals surface area (Å²) in [4.78, 5) is 7.09. The van der Waals surface area contributed by atoms with Crippen molar-refractivity contribution in [2.75, 3.05) is 5.32 Å². The molecule has 0 spiro atoms. The second-order valence-corrected chi connectivity index (χ2v) is 3.06. The summed E-state index contributed by atoms with van der Waals surface area (Å²) in [6.07, 6.45) is 1.65. The fraction of sp³-hybridized carbons (Fsp3) is 0. The van der Waals surface area contributed by atoms with Crippen molar-refractivity contribution in [2.24, 2.45) is 5.73 Å². The second kappa shape index (κ2) is 3.02. The van der Waals surface area contributed by atoms with Gasteiger partial charge in [0.2, 0.25) is 0 Å². The molecule has 0 fully saturated rings. The number of imidazole rings is 1. The van der Waals surface area contributed by atoms with Gasteiger partial charge in [-0.15, -0.1) is 0 Å². The average molecular weight is 192 g/mol. The SMILES string of the molecule is NC(=S)Nc1ccc2nc[nH]c2c1. The van der Waals surface area contributed by atoms with E-state index >= 15 is 0 Å². The number of H-pyrrole nitrogens is 1. The molecule has 1 aromatic heterocycles. The molecule has 0 saturated heterocycles. The van der Waals surface area contributed by atoms with Crippen molar-refractivity contribution in [1.82, 2.24) is 9.97 Å². The molecule has 4 N–H and O–H groups in total. The van der Waals surface area contributed by atoms with Gasteiger partial charge in [-0.3, -0.25) is 0 Å². The molecule has 2 aromatic rings. The zero-order valence-electron chi connectivity index (χ0n) is 6.74. The van der Waals surface area contributed by atoms with Crippen LogP contribution in [-0.4, -0.2) is 15.1 Å². The van der Waals surface area contributed by atoms with E-state index in [0.717, 1.165) is 16.7 Å². The van der Waals surface area contributed by atoms with Gasteiger partial charge in [0.1, 0.15) is 0 Å². The topological polar surface area (TPSA) is 66.7 Å². The number of thiocarbonyl (C=S) groups is 1. The van der Waals surface area contributed by atoms with Crippen molar-refractivity contribution in [3.8, 4) is 0 Å². The molecule has 0 aliphatic rings. The lowest BCUT2D eigenvalue weighted by atomic mass is 10.3. The predicted molar refractivity (Wildman–Crippen MR) is 56.5 cm³/mol. The molecule has 4 nitrogen and oxygen atoms in total. The molecule has 13 heavy (non-hydrogen) atoms. The molecule has 66 valence electrons. The Hall–Kier alpha value is -1.62. The summed E-state index contributed by atoms with van der Waals surface area (Å²) in [6, 6.07) is 5.68. The van der Waals surface area contributed by atoms with E-state index in [1.807, 2.05) is 18.2 Å². The fourth-order valence-electron chi connectivity index (χ4n) is 1.16. The summed E-state index contributed by atoms with van der Waals surface area (Å²) in [6.45, 7) is 0. The van der Waals surface area contributed by atoms with Crippen molar-refractivity contribution in [3.63, 3.8) is 0 Å². The van der Waals surface area contributed by atoms with Crippen molar-refractivity contribution < 1.29 is 0 Å². The summed E-state index contributed by atoms with van der Waals surface area (Å²) in [5.41, 5.74) is 8.09.